The zero-order chi connectivity index (χ0) is 10.5. The molecule has 2 aliphatic rings. The predicted octanol–water partition coefficient (Wildman–Crippen LogP) is 2.05. The number of ether oxygens (including phenoxy) is 3. The fourth-order valence-electron chi connectivity index (χ4n) is 1.94. The van der Waals surface area contributed by atoms with Crippen LogP contribution in [0.2, 0.25) is 0 Å². The lowest BCUT2D eigenvalue weighted by atomic mass is 9.95. The van der Waals surface area contributed by atoms with Crippen molar-refractivity contribution in [3.05, 3.63) is 0 Å². The van der Waals surface area contributed by atoms with Gasteiger partial charge in [0.25, 0.3) is 0 Å². The maximum absolute atomic E-state index is 5.77. The summed E-state index contributed by atoms with van der Waals surface area (Å²) < 4.78 is 16.6. The maximum atomic E-state index is 5.77. The first kappa shape index (κ1) is 11.7. The Labute approximate surface area is 95.8 Å². The minimum atomic E-state index is 0.399. The van der Waals surface area contributed by atoms with E-state index in [1.807, 2.05) is 0 Å². The minimum Gasteiger partial charge on any atom is -0.375 e. The molecule has 2 fully saturated rings. The lowest BCUT2D eigenvalue weighted by Crippen LogP contribution is -2.27. The minimum absolute atomic E-state index is 0.399. The van der Waals surface area contributed by atoms with Crippen molar-refractivity contribution in [2.24, 2.45) is 0 Å². The third-order valence-corrected chi connectivity index (χ3v) is 3.33. The third kappa shape index (κ3) is 4.31. The second-order valence-corrected chi connectivity index (χ2v) is 5.07. The molecule has 4 heteroatoms. The highest BCUT2D eigenvalue weighted by molar-refractivity contribution is 7.98. The Bertz CT molecular complexity index is 177. The van der Waals surface area contributed by atoms with Crippen molar-refractivity contribution in [1.29, 1.82) is 0 Å². The molecule has 0 N–H and O–H groups in total. The molecule has 1 aliphatic heterocycles. The summed E-state index contributed by atoms with van der Waals surface area (Å²) in [6.45, 7) is 1.69. The topological polar surface area (TPSA) is 31.0 Å². The number of hydrogen-bond acceptors (Lipinski definition) is 4. The first-order valence-corrected chi connectivity index (χ1v) is 7.11. The third-order valence-electron chi connectivity index (χ3n) is 2.96. The van der Waals surface area contributed by atoms with Crippen molar-refractivity contribution in [1.82, 2.24) is 0 Å². The summed E-state index contributed by atoms with van der Waals surface area (Å²) in [6.07, 6.45) is 7.98. The lowest BCUT2D eigenvalue weighted by molar-refractivity contribution is -0.0235. The summed E-state index contributed by atoms with van der Waals surface area (Å²) >= 11 is 1.75. The van der Waals surface area contributed by atoms with Gasteiger partial charge in [-0.1, -0.05) is 0 Å². The molecule has 0 aromatic rings. The molecule has 1 saturated heterocycles. The highest BCUT2D eigenvalue weighted by Crippen LogP contribution is 2.25. The van der Waals surface area contributed by atoms with E-state index >= 15 is 0 Å². The number of rotatable bonds is 6. The van der Waals surface area contributed by atoms with E-state index in [2.05, 4.69) is 6.26 Å². The Balaban J connectivity index is 1.54. The summed E-state index contributed by atoms with van der Waals surface area (Å²) in [6, 6.07) is 0. The van der Waals surface area contributed by atoms with Crippen molar-refractivity contribution < 1.29 is 14.2 Å². The Morgan fingerprint density at radius 1 is 1.13 bits per heavy atom. The standard InChI is InChI=1S/C11H20O3S/c1-15-8-14-10-4-2-9(3-5-10)12-6-11-7-13-11/h9-11H,2-8H2,1H3. The Morgan fingerprint density at radius 3 is 2.27 bits per heavy atom. The van der Waals surface area contributed by atoms with Gasteiger partial charge in [-0.25, -0.2) is 0 Å². The zero-order valence-electron chi connectivity index (χ0n) is 9.31. The van der Waals surface area contributed by atoms with Crippen molar-refractivity contribution in [3.8, 4) is 0 Å². The maximum Gasteiger partial charge on any atom is 0.104 e. The van der Waals surface area contributed by atoms with Gasteiger partial charge in [-0.15, -0.1) is 11.8 Å². The fraction of sp³-hybridized carbons (Fsp3) is 1.00. The summed E-state index contributed by atoms with van der Waals surface area (Å²) in [5.41, 5.74) is 0. The van der Waals surface area contributed by atoms with Crippen LogP contribution in [0.4, 0.5) is 0 Å². The highest BCUT2D eigenvalue weighted by atomic mass is 32.2. The van der Waals surface area contributed by atoms with Crippen molar-refractivity contribution in [3.63, 3.8) is 0 Å². The van der Waals surface area contributed by atoms with Gasteiger partial charge in [0.2, 0.25) is 0 Å². The van der Waals surface area contributed by atoms with Crippen LogP contribution in [0, 0.1) is 0 Å². The lowest BCUT2D eigenvalue weighted by Gasteiger charge is -2.28. The van der Waals surface area contributed by atoms with Crippen molar-refractivity contribution >= 4 is 11.8 Å². The monoisotopic (exact) mass is 232 g/mol. The largest absolute Gasteiger partial charge is 0.375 e. The zero-order valence-corrected chi connectivity index (χ0v) is 10.1. The second-order valence-electron chi connectivity index (χ2n) is 4.26. The molecule has 1 heterocycles. The van der Waals surface area contributed by atoms with Gasteiger partial charge < -0.3 is 14.2 Å². The molecule has 1 atom stereocenters. The van der Waals surface area contributed by atoms with Crippen LogP contribution in [0.3, 0.4) is 0 Å². The Kier molecular flexibility index (Phi) is 4.75. The average molecular weight is 232 g/mol. The molecule has 1 aliphatic carbocycles. The Hall–Kier alpha value is 0.230. The van der Waals surface area contributed by atoms with Crippen molar-refractivity contribution in [2.45, 2.75) is 44.0 Å². The molecular formula is C11H20O3S. The molecule has 0 aromatic carbocycles. The average Bonchev–Trinajstić information content (AvgIpc) is 3.09. The summed E-state index contributed by atoms with van der Waals surface area (Å²) in [4.78, 5) is 0. The second kappa shape index (κ2) is 6.09. The van der Waals surface area contributed by atoms with Crippen LogP contribution in [0.5, 0.6) is 0 Å². The van der Waals surface area contributed by atoms with E-state index < -0.39 is 0 Å². The van der Waals surface area contributed by atoms with Gasteiger partial charge in [-0.05, 0) is 31.9 Å². The smallest absolute Gasteiger partial charge is 0.104 e. The molecule has 0 bridgehead atoms. The van der Waals surface area contributed by atoms with E-state index in [9.17, 15) is 0 Å². The molecule has 1 unspecified atom stereocenters. The molecule has 0 amide bonds. The van der Waals surface area contributed by atoms with E-state index in [1.165, 1.54) is 0 Å². The molecule has 0 spiro atoms. The van der Waals surface area contributed by atoms with E-state index in [0.29, 0.717) is 18.3 Å². The van der Waals surface area contributed by atoms with Crippen LogP contribution in [-0.2, 0) is 14.2 Å². The van der Waals surface area contributed by atoms with Gasteiger partial charge in [-0.2, -0.15) is 0 Å². The number of hydrogen-bond donors (Lipinski definition) is 0. The fourth-order valence-corrected chi connectivity index (χ4v) is 2.27. The molecule has 0 aromatic heterocycles. The highest BCUT2D eigenvalue weighted by Gasteiger charge is 2.26. The van der Waals surface area contributed by atoms with Crippen LogP contribution in [0.15, 0.2) is 0 Å². The molecular weight excluding hydrogens is 212 g/mol. The predicted molar refractivity (Wildman–Crippen MR) is 61.2 cm³/mol. The van der Waals surface area contributed by atoms with Gasteiger partial charge in [0.05, 0.1) is 31.4 Å². The quantitative estimate of drug-likeness (QED) is 0.518. The first-order valence-electron chi connectivity index (χ1n) is 5.72. The molecule has 88 valence electrons. The van der Waals surface area contributed by atoms with E-state index in [0.717, 1.165) is 44.8 Å². The van der Waals surface area contributed by atoms with Crippen LogP contribution in [0.1, 0.15) is 25.7 Å². The molecule has 2 rings (SSSR count). The van der Waals surface area contributed by atoms with Gasteiger partial charge >= 0.3 is 0 Å². The van der Waals surface area contributed by atoms with Crippen LogP contribution < -0.4 is 0 Å². The number of epoxide rings is 1. The van der Waals surface area contributed by atoms with Gasteiger partial charge in [0.1, 0.15) is 6.10 Å². The summed E-state index contributed by atoms with van der Waals surface area (Å²) in [7, 11) is 0. The van der Waals surface area contributed by atoms with Crippen LogP contribution in [0.25, 0.3) is 0 Å². The first-order chi connectivity index (χ1) is 7.38. The molecule has 0 radical (unpaired) electrons. The van der Waals surface area contributed by atoms with Gasteiger partial charge in [0.15, 0.2) is 0 Å². The molecule has 1 saturated carbocycles. The van der Waals surface area contributed by atoms with Crippen molar-refractivity contribution in [2.75, 3.05) is 25.4 Å². The van der Waals surface area contributed by atoms with Crippen LogP contribution >= 0.6 is 11.8 Å². The molecule has 3 nitrogen and oxygen atoms in total. The van der Waals surface area contributed by atoms with Gasteiger partial charge in [-0.3, -0.25) is 0 Å². The van der Waals surface area contributed by atoms with Crippen LogP contribution in [-0.4, -0.2) is 43.7 Å². The normalized spacial score (nSPS) is 35.4. The summed E-state index contributed by atoms with van der Waals surface area (Å²) in [5, 5.41) is 0. The van der Waals surface area contributed by atoms with Gasteiger partial charge in [0, 0.05) is 0 Å². The number of thioether (sulfide) groups is 1. The Morgan fingerprint density at radius 2 is 1.73 bits per heavy atom. The van der Waals surface area contributed by atoms with E-state index in [4.69, 9.17) is 14.2 Å². The summed E-state index contributed by atoms with van der Waals surface area (Å²) in [5.74, 6) is 0.826. The van der Waals surface area contributed by atoms with E-state index in [-0.39, 0.29) is 0 Å². The SMILES string of the molecule is CSCOC1CCC(OCC2CO2)CC1. The van der Waals surface area contributed by atoms with E-state index in [1.54, 1.807) is 11.8 Å². The molecule has 15 heavy (non-hydrogen) atoms.